The zero-order valence-electron chi connectivity index (χ0n) is 17.0. The Kier molecular flexibility index (Phi) is 5.17. The van der Waals surface area contributed by atoms with Gasteiger partial charge in [0.05, 0.1) is 11.1 Å². The van der Waals surface area contributed by atoms with Gasteiger partial charge in [-0.2, -0.15) is 0 Å². The first-order chi connectivity index (χ1) is 12.3. The van der Waals surface area contributed by atoms with Crippen LogP contribution in [0, 0.1) is 11.5 Å². The normalized spacial score (nSPS) is 14.2. The molecule has 2 heterocycles. The lowest BCUT2D eigenvalue weighted by atomic mass is 10.0. The summed E-state index contributed by atoms with van der Waals surface area (Å²) in [6.07, 6.45) is 4.28. The van der Waals surface area contributed by atoms with E-state index in [1.54, 1.807) is 0 Å². The van der Waals surface area contributed by atoms with Crippen molar-refractivity contribution in [2.75, 3.05) is 0 Å². The molecule has 1 aromatic carbocycles. The average molecular weight is 366 g/mol. The summed E-state index contributed by atoms with van der Waals surface area (Å²) in [6, 6.07) is 6.34. The third-order valence-corrected chi connectivity index (χ3v) is 12.6. The van der Waals surface area contributed by atoms with E-state index in [1.165, 1.54) is 11.1 Å². The molecule has 3 heteroatoms. The van der Waals surface area contributed by atoms with Crippen LogP contribution in [0.1, 0.15) is 63.9 Å². The number of rotatable bonds is 4. The quantitative estimate of drug-likeness (QED) is 0.370. The molecule has 0 amide bonds. The SMILES string of the molecule is CC(C)[Si](C#CC(=O)c1cn2c3c(cccc13)CCC2)(C(C)C)C(C)C. The standard InChI is InChI=1S/C23H31NOSi/c1-16(2)26(17(3)4,18(5)6)14-12-22(25)21-15-24-13-8-10-19-9-7-11-20(21)23(19)24/h7,9,11,15-18H,8,10,13H2,1-6H3. The molecule has 138 valence electrons. The zero-order chi connectivity index (χ0) is 19.1. The average Bonchev–Trinajstić information content (AvgIpc) is 2.95. The van der Waals surface area contributed by atoms with Crippen LogP contribution in [0.2, 0.25) is 16.6 Å². The molecule has 0 atom stereocenters. The number of nitrogens with zero attached hydrogens (tertiary/aromatic N) is 1. The smallest absolute Gasteiger partial charge is 0.237 e. The monoisotopic (exact) mass is 365 g/mol. The predicted molar refractivity (Wildman–Crippen MR) is 113 cm³/mol. The highest BCUT2D eigenvalue weighted by Crippen LogP contribution is 2.40. The molecule has 2 aromatic rings. The van der Waals surface area contributed by atoms with Crippen LogP contribution in [-0.4, -0.2) is 18.4 Å². The summed E-state index contributed by atoms with van der Waals surface area (Å²) in [7, 11) is -1.88. The zero-order valence-corrected chi connectivity index (χ0v) is 18.0. The molecule has 0 radical (unpaired) electrons. The molecule has 0 saturated heterocycles. The van der Waals surface area contributed by atoms with Crippen LogP contribution in [-0.2, 0) is 13.0 Å². The molecule has 0 saturated carbocycles. The summed E-state index contributed by atoms with van der Waals surface area (Å²) < 4.78 is 2.25. The molecule has 0 spiro atoms. The predicted octanol–water partition coefficient (Wildman–Crippen LogP) is 5.99. The first-order valence-electron chi connectivity index (χ1n) is 9.97. The van der Waals surface area contributed by atoms with E-state index in [9.17, 15) is 4.79 Å². The lowest BCUT2D eigenvalue weighted by molar-refractivity contribution is 0.105. The molecule has 3 rings (SSSR count). The molecule has 1 aliphatic heterocycles. The molecule has 1 aliphatic rings. The lowest BCUT2D eigenvalue weighted by Crippen LogP contribution is -2.43. The molecule has 0 fully saturated rings. The van der Waals surface area contributed by atoms with Crippen molar-refractivity contribution >= 4 is 24.8 Å². The van der Waals surface area contributed by atoms with Gasteiger partial charge in [0.2, 0.25) is 5.78 Å². The van der Waals surface area contributed by atoms with Crippen LogP contribution in [0.25, 0.3) is 10.9 Å². The number of benzene rings is 1. The largest absolute Gasteiger partial charge is 0.346 e. The first kappa shape index (κ1) is 19.0. The summed E-state index contributed by atoms with van der Waals surface area (Å²) in [4.78, 5) is 13.1. The molecular weight excluding hydrogens is 334 g/mol. The Bertz CT molecular complexity index is 870. The van der Waals surface area contributed by atoms with E-state index in [0.29, 0.717) is 16.6 Å². The number of hydrogen-bond donors (Lipinski definition) is 0. The molecule has 26 heavy (non-hydrogen) atoms. The first-order valence-corrected chi connectivity index (χ1v) is 12.2. The van der Waals surface area contributed by atoms with Crippen molar-refractivity contribution in [3.8, 4) is 11.5 Å². The number of aryl methyl sites for hydroxylation is 2. The van der Waals surface area contributed by atoms with Crippen molar-refractivity contribution in [1.29, 1.82) is 0 Å². The molecule has 2 nitrogen and oxygen atoms in total. The van der Waals surface area contributed by atoms with E-state index in [-0.39, 0.29) is 5.78 Å². The summed E-state index contributed by atoms with van der Waals surface area (Å²) in [5.74, 6) is 3.11. The Morgan fingerprint density at radius 1 is 1.08 bits per heavy atom. The van der Waals surface area contributed by atoms with E-state index in [0.717, 1.165) is 30.3 Å². The van der Waals surface area contributed by atoms with Crippen molar-refractivity contribution in [2.45, 2.75) is 77.6 Å². The van der Waals surface area contributed by atoms with Crippen molar-refractivity contribution < 1.29 is 4.79 Å². The second-order valence-corrected chi connectivity index (χ2v) is 14.2. The van der Waals surface area contributed by atoms with E-state index < -0.39 is 8.07 Å². The van der Waals surface area contributed by atoms with E-state index in [1.807, 2.05) is 6.20 Å². The Morgan fingerprint density at radius 2 is 1.73 bits per heavy atom. The van der Waals surface area contributed by atoms with E-state index in [4.69, 9.17) is 0 Å². The Morgan fingerprint density at radius 3 is 2.35 bits per heavy atom. The molecule has 0 N–H and O–H groups in total. The highest BCUT2D eigenvalue weighted by molar-refractivity contribution is 6.90. The summed E-state index contributed by atoms with van der Waals surface area (Å²) >= 11 is 0. The fourth-order valence-corrected chi connectivity index (χ4v) is 10.3. The minimum atomic E-state index is -1.88. The van der Waals surface area contributed by atoms with Crippen LogP contribution in [0.3, 0.4) is 0 Å². The van der Waals surface area contributed by atoms with Crippen LogP contribution < -0.4 is 0 Å². The van der Waals surface area contributed by atoms with Gasteiger partial charge in [0.25, 0.3) is 0 Å². The highest BCUT2D eigenvalue weighted by atomic mass is 28.3. The lowest BCUT2D eigenvalue weighted by Gasteiger charge is -2.37. The third kappa shape index (κ3) is 2.95. The van der Waals surface area contributed by atoms with Gasteiger partial charge in [-0.05, 0) is 40.9 Å². The fraction of sp³-hybridized carbons (Fsp3) is 0.522. The molecule has 0 aliphatic carbocycles. The molecule has 0 unspecified atom stereocenters. The van der Waals surface area contributed by atoms with Gasteiger partial charge in [0, 0.05) is 18.1 Å². The second kappa shape index (κ2) is 7.08. The number of ketones is 1. The highest BCUT2D eigenvalue weighted by Gasteiger charge is 2.41. The van der Waals surface area contributed by atoms with Gasteiger partial charge in [0.1, 0.15) is 8.07 Å². The third-order valence-electron chi connectivity index (χ3n) is 6.33. The molecule has 0 bridgehead atoms. The van der Waals surface area contributed by atoms with Crippen molar-refractivity contribution in [1.82, 2.24) is 4.57 Å². The number of aromatic nitrogens is 1. The summed E-state index contributed by atoms with van der Waals surface area (Å²) in [5, 5.41) is 1.08. The topological polar surface area (TPSA) is 22.0 Å². The van der Waals surface area contributed by atoms with Gasteiger partial charge < -0.3 is 4.57 Å². The molecule has 1 aromatic heterocycles. The Balaban J connectivity index is 2.06. The second-order valence-electron chi connectivity index (χ2n) is 8.63. The number of carbonyl (C=O) groups excluding carboxylic acids is 1. The van der Waals surface area contributed by atoms with Crippen molar-refractivity contribution in [3.05, 3.63) is 35.5 Å². The van der Waals surface area contributed by atoms with Gasteiger partial charge in [-0.25, -0.2) is 0 Å². The van der Waals surface area contributed by atoms with Crippen LogP contribution in [0.4, 0.5) is 0 Å². The number of carbonyl (C=O) groups is 1. The maximum absolute atomic E-state index is 13.1. The minimum Gasteiger partial charge on any atom is -0.346 e. The van der Waals surface area contributed by atoms with Gasteiger partial charge in [-0.3, -0.25) is 4.79 Å². The maximum atomic E-state index is 13.1. The Labute approximate surface area is 159 Å². The van der Waals surface area contributed by atoms with Gasteiger partial charge in [-0.1, -0.05) is 59.7 Å². The molecular formula is C23H31NOSi. The van der Waals surface area contributed by atoms with Crippen molar-refractivity contribution in [3.63, 3.8) is 0 Å². The van der Waals surface area contributed by atoms with Crippen LogP contribution in [0.5, 0.6) is 0 Å². The summed E-state index contributed by atoms with van der Waals surface area (Å²) in [5.41, 5.74) is 8.59. The van der Waals surface area contributed by atoms with Gasteiger partial charge >= 0.3 is 0 Å². The van der Waals surface area contributed by atoms with Gasteiger partial charge in [0.15, 0.2) is 0 Å². The van der Waals surface area contributed by atoms with Crippen molar-refractivity contribution in [2.24, 2.45) is 0 Å². The minimum absolute atomic E-state index is 0.00775. The number of hydrogen-bond acceptors (Lipinski definition) is 1. The number of Topliss-reactive ketones (excluding diaryl/α,β-unsaturated/α-hetero) is 1. The van der Waals surface area contributed by atoms with Crippen LogP contribution in [0.15, 0.2) is 24.4 Å². The van der Waals surface area contributed by atoms with E-state index in [2.05, 4.69) is 75.8 Å². The van der Waals surface area contributed by atoms with E-state index >= 15 is 0 Å². The number of para-hydroxylation sites is 1. The Hall–Kier alpha value is -1.79. The maximum Gasteiger partial charge on any atom is 0.237 e. The van der Waals surface area contributed by atoms with Crippen LogP contribution >= 0.6 is 0 Å². The summed E-state index contributed by atoms with van der Waals surface area (Å²) in [6.45, 7) is 14.7. The van der Waals surface area contributed by atoms with Gasteiger partial charge in [-0.15, -0.1) is 5.54 Å². The fourth-order valence-electron chi connectivity index (χ4n) is 5.10.